The van der Waals surface area contributed by atoms with E-state index in [1.807, 2.05) is 11.8 Å². The summed E-state index contributed by atoms with van der Waals surface area (Å²) in [5.41, 5.74) is 18.7. The lowest BCUT2D eigenvalue weighted by Crippen LogP contribution is -2.32. The van der Waals surface area contributed by atoms with Gasteiger partial charge in [0, 0.05) is 32.3 Å². The van der Waals surface area contributed by atoms with E-state index in [-0.39, 0.29) is 5.41 Å². The van der Waals surface area contributed by atoms with Crippen molar-refractivity contribution in [3.05, 3.63) is 221 Å². The van der Waals surface area contributed by atoms with Gasteiger partial charge in [-0.2, -0.15) is 0 Å². The number of fused-ring (bicyclic) bond motifs is 12. The Morgan fingerprint density at radius 1 is 0.352 bits per heavy atom. The van der Waals surface area contributed by atoms with Gasteiger partial charge in [-0.3, -0.25) is 0 Å². The van der Waals surface area contributed by atoms with E-state index in [1.165, 1.54) is 76.6 Å². The maximum atomic E-state index is 2.50. The molecule has 0 saturated carbocycles. The molecule has 0 fully saturated rings. The summed E-state index contributed by atoms with van der Waals surface area (Å²) in [7, 11) is 0. The molecule has 1 heterocycles. The van der Waals surface area contributed by atoms with Crippen molar-refractivity contribution in [3.63, 3.8) is 0 Å². The van der Waals surface area contributed by atoms with E-state index in [9.17, 15) is 0 Å². The van der Waals surface area contributed by atoms with Crippen molar-refractivity contribution >= 4 is 28.8 Å². The van der Waals surface area contributed by atoms with E-state index in [4.69, 9.17) is 0 Å². The molecular weight excluding hydrogens is 671 g/mol. The van der Waals surface area contributed by atoms with Crippen LogP contribution in [0.4, 0.5) is 17.1 Å². The summed E-state index contributed by atoms with van der Waals surface area (Å²) in [6.07, 6.45) is 0. The number of rotatable bonds is 4. The van der Waals surface area contributed by atoms with Gasteiger partial charge in [-0.05, 0) is 115 Å². The van der Waals surface area contributed by atoms with Gasteiger partial charge in [0.05, 0.1) is 5.41 Å². The molecule has 0 radical (unpaired) electrons. The molecule has 0 atom stereocenters. The lowest BCUT2D eigenvalue weighted by Gasteiger charge is -2.40. The van der Waals surface area contributed by atoms with Crippen molar-refractivity contribution in [3.8, 4) is 33.4 Å². The Bertz CT molecular complexity index is 2750. The van der Waals surface area contributed by atoms with Crippen LogP contribution in [-0.2, 0) is 10.8 Å². The van der Waals surface area contributed by atoms with Crippen LogP contribution >= 0.6 is 11.8 Å². The Morgan fingerprint density at radius 3 is 1.52 bits per heavy atom. The molecule has 3 aliphatic rings. The number of hydrogen-bond donors (Lipinski definition) is 0. The monoisotopic (exact) mass is 707 g/mol. The molecule has 0 N–H and O–H groups in total. The van der Waals surface area contributed by atoms with Crippen LogP contribution in [0.1, 0.15) is 47.2 Å². The van der Waals surface area contributed by atoms with Crippen LogP contribution in [0.3, 0.4) is 0 Å². The fraction of sp³-hybridized carbons (Fsp3) is 0.0769. The number of anilines is 3. The summed E-state index contributed by atoms with van der Waals surface area (Å²) >= 11 is 1.89. The SMILES string of the molecule is CC1(C)c2ccccc2-c2ccc(N(c3cccc(-c4ccccc4)c3)c3ccc4c(c3)C3(c5ccccc5Sc5ccccc53)c3ccccc3-4)cc21. The normalized spacial score (nSPS) is 14.7. The van der Waals surface area contributed by atoms with Crippen molar-refractivity contribution in [2.75, 3.05) is 4.90 Å². The molecule has 8 aromatic rings. The Labute approximate surface area is 321 Å². The summed E-state index contributed by atoms with van der Waals surface area (Å²) in [6.45, 7) is 4.74. The zero-order valence-corrected chi connectivity index (χ0v) is 31.1. The third kappa shape index (κ3) is 4.35. The zero-order valence-electron chi connectivity index (χ0n) is 30.3. The predicted molar refractivity (Wildman–Crippen MR) is 226 cm³/mol. The van der Waals surface area contributed by atoms with Crippen molar-refractivity contribution in [1.82, 2.24) is 0 Å². The topological polar surface area (TPSA) is 3.24 Å². The van der Waals surface area contributed by atoms with E-state index < -0.39 is 5.41 Å². The highest BCUT2D eigenvalue weighted by atomic mass is 32.2. The molecular formula is C52H37NS. The smallest absolute Gasteiger partial charge is 0.0736 e. The maximum Gasteiger partial charge on any atom is 0.0736 e. The van der Waals surface area contributed by atoms with Crippen LogP contribution in [0.5, 0.6) is 0 Å². The lowest BCUT2D eigenvalue weighted by molar-refractivity contribution is 0.660. The van der Waals surface area contributed by atoms with Crippen molar-refractivity contribution in [1.29, 1.82) is 0 Å². The molecule has 0 aromatic heterocycles. The second-order valence-corrected chi connectivity index (χ2v) is 16.4. The van der Waals surface area contributed by atoms with E-state index in [0.717, 1.165) is 17.1 Å². The second-order valence-electron chi connectivity index (χ2n) is 15.3. The Balaban J connectivity index is 1.18. The molecule has 256 valence electrons. The molecule has 0 bridgehead atoms. The number of hydrogen-bond acceptors (Lipinski definition) is 2. The molecule has 1 nitrogen and oxygen atoms in total. The summed E-state index contributed by atoms with van der Waals surface area (Å²) in [6, 6.07) is 70.2. The van der Waals surface area contributed by atoms with E-state index >= 15 is 0 Å². The number of nitrogens with zero attached hydrogens (tertiary/aromatic N) is 1. The van der Waals surface area contributed by atoms with Crippen LogP contribution in [-0.4, -0.2) is 0 Å². The highest BCUT2D eigenvalue weighted by molar-refractivity contribution is 7.99. The third-order valence-corrected chi connectivity index (χ3v) is 13.3. The van der Waals surface area contributed by atoms with Gasteiger partial charge in [0.25, 0.3) is 0 Å². The van der Waals surface area contributed by atoms with Crippen molar-refractivity contribution in [2.24, 2.45) is 0 Å². The minimum absolute atomic E-state index is 0.115. The Morgan fingerprint density at radius 2 is 0.833 bits per heavy atom. The van der Waals surface area contributed by atoms with E-state index in [1.54, 1.807) is 0 Å². The van der Waals surface area contributed by atoms with E-state index in [0.29, 0.717) is 0 Å². The first-order valence-corrected chi connectivity index (χ1v) is 19.7. The standard InChI is InChI=1S/C52H37NS/c1-51(2)43-21-8-6-19-39(43)41-29-27-37(32-47(41)51)53(36-18-14-17-35(31-36)34-15-4-3-5-16-34)38-28-30-42-40-20-7-9-22-44(40)52(48(42)33-38)45-23-10-12-25-49(45)54-50-26-13-11-24-46(50)52/h3-33H,1-2H3. The van der Waals surface area contributed by atoms with Gasteiger partial charge in [-0.1, -0.05) is 165 Å². The largest absolute Gasteiger partial charge is 0.310 e. The molecule has 0 amide bonds. The van der Waals surface area contributed by atoms with Crippen LogP contribution < -0.4 is 4.90 Å². The summed E-state index contributed by atoms with van der Waals surface area (Å²) in [5, 5.41) is 0. The predicted octanol–water partition coefficient (Wildman–Crippen LogP) is 14.0. The Kier molecular flexibility index (Phi) is 6.81. The van der Waals surface area contributed by atoms with Gasteiger partial charge in [0.2, 0.25) is 0 Å². The molecule has 2 aliphatic carbocycles. The van der Waals surface area contributed by atoms with Gasteiger partial charge in [0.15, 0.2) is 0 Å². The van der Waals surface area contributed by atoms with Crippen LogP contribution in [0.25, 0.3) is 33.4 Å². The minimum atomic E-state index is -0.445. The van der Waals surface area contributed by atoms with Crippen LogP contribution in [0.2, 0.25) is 0 Å². The fourth-order valence-electron chi connectivity index (χ4n) is 9.72. The Hall–Kier alpha value is -6.09. The summed E-state index contributed by atoms with van der Waals surface area (Å²) < 4.78 is 0. The molecule has 0 saturated heterocycles. The maximum absolute atomic E-state index is 2.50. The van der Waals surface area contributed by atoms with Gasteiger partial charge in [0.1, 0.15) is 0 Å². The number of benzene rings is 8. The fourth-order valence-corrected chi connectivity index (χ4v) is 10.9. The van der Waals surface area contributed by atoms with Crippen molar-refractivity contribution < 1.29 is 0 Å². The zero-order chi connectivity index (χ0) is 36.0. The molecule has 54 heavy (non-hydrogen) atoms. The quantitative estimate of drug-likeness (QED) is 0.179. The first-order chi connectivity index (χ1) is 26.5. The van der Waals surface area contributed by atoms with Crippen LogP contribution in [0.15, 0.2) is 198 Å². The van der Waals surface area contributed by atoms with Crippen molar-refractivity contribution in [2.45, 2.75) is 34.5 Å². The van der Waals surface area contributed by atoms with Crippen LogP contribution in [0, 0.1) is 0 Å². The molecule has 1 spiro atoms. The summed E-state index contributed by atoms with van der Waals surface area (Å²) in [4.78, 5) is 5.12. The average Bonchev–Trinajstić information content (AvgIpc) is 3.64. The van der Waals surface area contributed by atoms with Gasteiger partial charge in [-0.15, -0.1) is 0 Å². The van der Waals surface area contributed by atoms with Gasteiger partial charge >= 0.3 is 0 Å². The first-order valence-electron chi connectivity index (χ1n) is 18.8. The lowest BCUT2D eigenvalue weighted by atomic mass is 9.67. The highest BCUT2D eigenvalue weighted by Crippen LogP contribution is 2.63. The summed E-state index contributed by atoms with van der Waals surface area (Å²) in [5.74, 6) is 0. The molecule has 0 unspecified atom stereocenters. The molecule has 1 aliphatic heterocycles. The molecule has 8 aromatic carbocycles. The minimum Gasteiger partial charge on any atom is -0.310 e. The third-order valence-electron chi connectivity index (χ3n) is 12.1. The van der Waals surface area contributed by atoms with Gasteiger partial charge in [-0.25, -0.2) is 0 Å². The average molecular weight is 708 g/mol. The molecule has 2 heteroatoms. The highest BCUT2D eigenvalue weighted by Gasteiger charge is 2.50. The second kappa shape index (κ2) is 11.7. The van der Waals surface area contributed by atoms with E-state index in [2.05, 4.69) is 207 Å². The molecule has 11 rings (SSSR count). The first kappa shape index (κ1) is 31.4. The van der Waals surface area contributed by atoms with Gasteiger partial charge < -0.3 is 4.90 Å².